The number of hydrogen-bond acceptors (Lipinski definition) is 6. The summed E-state index contributed by atoms with van der Waals surface area (Å²) in [5.74, 6) is -1.00. The fourth-order valence-electron chi connectivity index (χ4n) is 4.03. The lowest BCUT2D eigenvalue weighted by Crippen LogP contribution is -2.53. The summed E-state index contributed by atoms with van der Waals surface area (Å²) in [5.41, 5.74) is 3.20. The minimum absolute atomic E-state index is 0.195. The van der Waals surface area contributed by atoms with E-state index in [4.69, 9.17) is 14.5 Å². The Hall–Kier alpha value is -3.35. The molecule has 0 saturated carbocycles. The van der Waals surface area contributed by atoms with E-state index >= 15 is 0 Å². The third-order valence-corrected chi connectivity index (χ3v) is 5.52. The van der Waals surface area contributed by atoms with E-state index in [1.165, 1.54) is 11.1 Å². The molecule has 1 amide bonds. The summed E-state index contributed by atoms with van der Waals surface area (Å²) in [4.78, 5) is 32.5. The van der Waals surface area contributed by atoms with Gasteiger partial charge in [-0.15, -0.1) is 0 Å². The van der Waals surface area contributed by atoms with Gasteiger partial charge in [-0.05, 0) is 30.5 Å². The second kappa shape index (κ2) is 8.57. The zero-order valence-corrected chi connectivity index (χ0v) is 17.1. The summed E-state index contributed by atoms with van der Waals surface area (Å²) in [5, 5.41) is 2.84. The van der Waals surface area contributed by atoms with Crippen molar-refractivity contribution < 1.29 is 19.1 Å². The molecular weight excluding hydrogens is 382 g/mol. The molecule has 2 aliphatic rings. The number of para-hydroxylation sites is 1. The van der Waals surface area contributed by atoms with Gasteiger partial charge in [-0.1, -0.05) is 42.5 Å². The number of rotatable bonds is 4. The number of fused-ring (bicyclic) bond motifs is 1. The molecule has 2 heterocycles. The molecule has 2 aliphatic heterocycles. The highest BCUT2D eigenvalue weighted by Crippen LogP contribution is 2.36. The number of methoxy groups -OCH3 is 1. The number of amides is 1. The van der Waals surface area contributed by atoms with Crippen LogP contribution in [0.25, 0.3) is 0 Å². The molecular formula is C23H25N3O4. The first-order chi connectivity index (χ1) is 14.6. The Kier molecular flexibility index (Phi) is 5.70. The van der Waals surface area contributed by atoms with E-state index in [1.807, 2.05) is 35.2 Å². The first kappa shape index (κ1) is 19.9. The lowest BCUT2D eigenvalue weighted by molar-refractivity contribution is -0.153. The van der Waals surface area contributed by atoms with Crippen LogP contribution in [0.1, 0.15) is 29.7 Å². The second-order valence-electron chi connectivity index (χ2n) is 7.30. The Morgan fingerprint density at radius 2 is 1.90 bits per heavy atom. The standard InChI is InChI=1S/C23H25N3O4/c1-3-30-22(28)19-20(17-10-6-7-11-18(17)29-2)24-23(25-21(19)27)26-13-12-15-8-4-5-9-16(15)14-26/h4-11,19-20H,3,12-14H2,1-2H3,(H,24,25,27)/t19-,20-/m0/s1. The number of benzene rings is 2. The van der Waals surface area contributed by atoms with Gasteiger partial charge in [0.1, 0.15) is 11.8 Å². The van der Waals surface area contributed by atoms with Crippen molar-refractivity contribution in [2.24, 2.45) is 10.9 Å². The molecule has 4 rings (SSSR count). The van der Waals surface area contributed by atoms with Gasteiger partial charge in [0.15, 0.2) is 5.92 Å². The van der Waals surface area contributed by atoms with Crippen LogP contribution in [0, 0.1) is 5.92 Å². The number of aliphatic imine (C=N–C) groups is 1. The SMILES string of the molecule is CCOC(=O)[C@@H]1C(=O)NC(N2CCc3ccccc3C2)=N[C@H]1c1ccccc1OC. The zero-order valence-electron chi connectivity index (χ0n) is 17.1. The van der Waals surface area contributed by atoms with Crippen LogP contribution in [-0.4, -0.2) is 43.0 Å². The summed E-state index contributed by atoms with van der Waals surface area (Å²) in [6.07, 6.45) is 0.867. The van der Waals surface area contributed by atoms with Crippen LogP contribution in [-0.2, 0) is 27.3 Å². The molecule has 1 N–H and O–H groups in total. The predicted octanol–water partition coefficient (Wildman–Crippen LogP) is 2.46. The van der Waals surface area contributed by atoms with Crippen molar-refractivity contribution in [1.29, 1.82) is 0 Å². The fraction of sp³-hybridized carbons (Fsp3) is 0.348. The van der Waals surface area contributed by atoms with Crippen molar-refractivity contribution in [3.05, 3.63) is 65.2 Å². The Labute approximate surface area is 175 Å². The van der Waals surface area contributed by atoms with Crippen LogP contribution < -0.4 is 10.1 Å². The molecule has 30 heavy (non-hydrogen) atoms. The summed E-state index contributed by atoms with van der Waals surface area (Å²) < 4.78 is 10.7. The molecule has 0 aliphatic carbocycles. The third-order valence-electron chi connectivity index (χ3n) is 5.52. The highest BCUT2D eigenvalue weighted by atomic mass is 16.5. The number of guanidine groups is 1. The highest BCUT2D eigenvalue weighted by Gasteiger charge is 2.43. The lowest BCUT2D eigenvalue weighted by atomic mass is 9.90. The molecule has 0 unspecified atom stereocenters. The van der Waals surface area contributed by atoms with Gasteiger partial charge in [0.25, 0.3) is 0 Å². The molecule has 0 radical (unpaired) electrons. The molecule has 0 bridgehead atoms. The first-order valence-electron chi connectivity index (χ1n) is 10.1. The Morgan fingerprint density at radius 3 is 2.67 bits per heavy atom. The number of nitrogens with one attached hydrogen (secondary N) is 1. The summed E-state index contributed by atoms with van der Waals surface area (Å²) >= 11 is 0. The van der Waals surface area contributed by atoms with Crippen molar-refractivity contribution in [3.63, 3.8) is 0 Å². The maximum absolute atomic E-state index is 13.0. The van der Waals surface area contributed by atoms with Crippen molar-refractivity contribution in [3.8, 4) is 5.75 Å². The van der Waals surface area contributed by atoms with Gasteiger partial charge in [0, 0.05) is 18.7 Å². The lowest BCUT2D eigenvalue weighted by Gasteiger charge is -2.36. The zero-order chi connectivity index (χ0) is 21.1. The predicted molar refractivity (Wildman–Crippen MR) is 112 cm³/mol. The average Bonchev–Trinajstić information content (AvgIpc) is 2.78. The normalized spacial score (nSPS) is 20.7. The van der Waals surface area contributed by atoms with Gasteiger partial charge < -0.3 is 14.4 Å². The quantitative estimate of drug-likeness (QED) is 0.622. The van der Waals surface area contributed by atoms with Gasteiger partial charge >= 0.3 is 5.97 Å². The van der Waals surface area contributed by atoms with Crippen molar-refractivity contribution in [2.75, 3.05) is 20.3 Å². The summed E-state index contributed by atoms with van der Waals surface area (Å²) in [6, 6.07) is 14.9. The van der Waals surface area contributed by atoms with E-state index in [0.29, 0.717) is 23.8 Å². The van der Waals surface area contributed by atoms with Gasteiger partial charge in [0.05, 0.1) is 13.7 Å². The van der Waals surface area contributed by atoms with Crippen LogP contribution in [0.15, 0.2) is 53.5 Å². The van der Waals surface area contributed by atoms with Crippen molar-refractivity contribution in [1.82, 2.24) is 10.2 Å². The largest absolute Gasteiger partial charge is 0.496 e. The van der Waals surface area contributed by atoms with E-state index in [9.17, 15) is 9.59 Å². The molecule has 2 aromatic rings. The Morgan fingerprint density at radius 1 is 1.17 bits per heavy atom. The molecule has 7 heteroatoms. The monoisotopic (exact) mass is 407 g/mol. The molecule has 156 valence electrons. The van der Waals surface area contributed by atoms with Crippen molar-refractivity contribution in [2.45, 2.75) is 25.9 Å². The van der Waals surface area contributed by atoms with E-state index in [-0.39, 0.29) is 6.61 Å². The number of esters is 1. The number of carbonyl (C=O) groups excluding carboxylic acids is 2. The maximum Gasteiger partial charge on any atom is 0.321 e. The topological polar surface area (TPSA) is 80.2 Å². The molecule has 2 aromatic carbocycles. The van der Waals surface area contributed by atoms with Gasteiger partial charge in [-0.2, -0.15) is 0 Å². The Balaban J connectivity index is 1.72. The third kappa shape index (κ3) is 3.75. The molecule has 2 atom stereocenters. The molecule has 0 saturated heterocycles. The van der Waals surface area contributed by atoms with Crippen LogP contribution in [0.5, 0.6) is 5.75 Å². The van der Waals surface area contributed by atoms with Gasteiger partial charge in [-0.25, -0.2) is 4.99 Å². The number of hydrogen-bond donors (Lipinski definition) is 1. The average molecular weight is 407 g/mol. The maximum atomic E-state index is 13.0. The summed E-state index contributed by atoms with van der Waals surface area (Å²) in [7, 11) is 1.56. The smallest absolute Gasteiger partial charge is 0.321 e. The van der Waals surface area contributed by atoms with Crippen LogP contribution in [0.2, 0.25) is 0 Å². The first-order valence-corrected chi connectivity index (χ1v) is 10.1. The second-order valence-corrected chi connectivity index (χ2v) is 7.30. The number of carbonyl (C=O) groups is 2. The van der Waals surface area contributed by atoms with Gasteiger partial charge in [0.2, 0.25) is 11.9 Å². The molecule has 0 spiro atoms. The highest BCUT2D eigenvalue weighted by molar-refractivity contribution is 6.08. The van der Waals surface area contributed by atoms with E-state index < -0.39 is 23.8 Å². The molecule has 0 aromatic heterocycles. The number of nitrogens with zero attached hydrogens (tertiary/aromatic N) is 2. The Bertz CT molecular complexity index is 988. The van der Waals surface area contributed by atoms with Crippen LogP contribution in [0.3, 0.4) is 0 Å². The number of ether oxygens (including phenoxy) is 2. The van der Waals surface area contributed by atoms with E-state index in [1.54, 1.807) is 20.1 Å². The summed E-state index contributed by atoms with van der Waals surface area (Å²) in [6.45, 7) is 3.30. The molecule has 7 nitrogen and oxygen atoms in total. The van der Waals surface area contributed by atoms with E-state index in [2.05, 4.69) is 17.4 Å². The molecule has 0 fully saturated rings. The van der Waals surface area contributed by atoms with Crippen LogP contribution >= 0.6 is 0 Å². The van der Waals surface area contributed by atoms with E-state index in [0.717, 1.165) is 13.0 Å². The van der Waals surface area contributed by atoms with Gasteiger partial charge in [-0.3, -0.25) is 14.9 Å². The minimum atomic E-state index is -1.07. The van der Waals surface area contributed by atoms with Crippen molar-refractivity contribution >= 4 is 17.8 Å². The van der Waals surface area contributed by atoms with Crippen LogP contribution in [0.4, 0.5) is 0 Å². The fourth-order valence-corrected chi connectivity index (χ4v) is 4.03. The minimum Gasteiger partial charge on any atom is -0.496 e.